The third-order valence-electron chi connectivity index (χ3n) is 5.41. The Bertz CT molecular complexity index is 568. The van der Waals surface area contributed by atoms with Crippen LogP contribution in [0.15, 0.2) is 18.2 Å². The maximum absolute atomic E-state index is 13.1. The van der Waals surface area contributed by atoms with Crippen LogP contribution in [-0.4, -0.2) is 50.1 Å². The second kappa shape index (κ2) is 11.0. The number of carbonyl (C=O) groups excluding carboxylic acids is 1. The standard InChI is InChI=1S/C20H31N3O.2ClH/c1-3-21-15-17-8-12-23(13-9-17)20(24)18-14-16(2)6-7-19(18)22-10-4-5-11-22;;/h6-7,14,17,21H,3-5,8-13,15H2,1-2H3;2*1H. The van der Waals surface area contributed by atoms with Crippen molar-refractivity contribution in [3.05, 3.63) is 29.3 Å². The van der Waals surface area contributed by atoms with Crippen LogP contribution in [-0.2, 0) is 0 Å². The molecule has 0 bridgehead atoms. The molecule has 3 rings (SSSR count). The molecule has 0 aromatic heterocycles. The molecule has 0 atom stereocenters. The fraction of sp³-hybridized carbons (Fsp3) is 0.650. The number of benzene rings is 1. The van der Waals surface area contributed by atoms with Crippen molar-refractivity contribution in [1.29, 1.82) is 0 Å². The highest BCUT2D eigenvalue weighted by Crippen LogP contribution is 2.28. The summed E-state index contributed by atoms with van der Waals surface area (Å²) in [7, 11) is 0. The lowest BCUT2D eigenvalue weighted by Crippen LogP contribution is -2.41. The van der Waals surface area contributed by atoms with Gasteiger partial charge in [0.2, 0.25) is 0 Å². The number of aryl methyl sites for hydroxylation is 1. The smallest absolute Gasteiger partial charge is 0.255 e. The Morgan fingerprint density at radius 1 is 1.12 bits per heavy atom. The summed E-state index contributed by atoms with van der Waals surface area (Å²) in [5, 5.41) is 3.44. The van der Waals surface area contributed by atoms with Crippen molar-refractivity contribution in [2.45, 2.75) is 39.5 Å². The minimum absolute atomic E-state index is 0. The Kier molecular flexibility index (Phi) is 9.77. The average Bonchev–Trinajstić information content (AvgIpc) is 3.14. The van der Waals surface area contributed by atoms with E-state index in [2.05, 4.69) is 47.2 Å². The maximum Gasteiger partial charge on any atom is 0.255 e. The van der Waals surface area contributed by atoms with Crippen molar-refractivity contribution in [2.75, 3.05) is 44.2 Å². The second-order valence-corrected chi connectivity index (χ2v) is 7.26. The maximum atomic E-state index is 13.1. The highest BCUT2D eigenvalue weighted by Gasteiger charge is 2.26. The summed E-state index contributed by atoms with van der Waals surface area (Å²) in [5.74, 6) is 0.937. The van der Waals surface area contributed by atoms with Gasteiger partial charge in [0.1, 0.15) is 0 Å². The van der Waals surface area contributed by atoms with Gasteiger partial charge in [0.05, 0.1) is 5.56 Å². The van der Waals surface area contributed by atoms with Crippen LogP contribution in [0.3, 0.4) is 0 Å². The van der Waals surface area contributed by atoms with Crippen LogP contribution >= 0.6 is 24.8 Å². The molecule has 148 valence electrons. The molecule has 1 aromatic rings. The number of hydrogen-bond acceptors (Lipinski definition) is 3. The molecule has 2 saturated heterocycles. The molecule has 0 aliphatic carbocycles. The lowest BCUT2D eigenvalue weighted by atomic mass is 9.96. The van der Waals surface area contributed by atoms with Gasteiger partial charge in [-0.15, -0.1) is 24.8 Å². The molecule has 26 heavy (non-hydrogen) atoms. The number of carbonyl (C=O) groups is 1. The van der Waals surface area contributed by atoms with E-state index in [-0.39, 0.29) is 30.7 Å². The van der Waals surface area contributed by atoms with Gasteiger partial charge >= 0.3 is 0 Å². The quantitative estimate of drug-likeness (QED) is 0.812. The fourth-order valence-electron chi connectivity index (χ4n) is 3.91. The van der Waals surface area contributed by atoms with Crippen molar-refractivity contribution < 1.29 is 4.79 Å². The summed E-state index contributed by atoms with van der Waals surface area (Å²) >= 11 is 0. The highest BCUT2D eigenvalue weighted by atomic mass is 35.5. The van der Waals surface area contributed by atoms with Crippen molar-refractivity contribution >= 4 is 36.4 Å². The van der Waals surface area contributed by atoms with E-state index in [0.717, 1.165) is 63.4 Å². The van der Waals surface area contributed by atoms with Gasteiger partial charge in [-0.1, -0.05) is 18.6 Å². The molecule has 2 fully saturated rings. The normalized spacial score (nSPS) is 17.6. The number of nitrogens with zero attached hydrogens (tertiary/aromatic N) is 2. The molecule has 2 heterocycles. The van der Waals surface area contributed by atoms with Gasteiger partial charge in [-0.3, -0.25) is 4.79 Å². The first kappa shape index (κ1) is 23.1. The van der Waals surface area contributed by atoms with E-state index >= 15 is 0 Å². The second-order valence-electron chi connectivity index (χ2n) is 7.26. The Morgan fingerprint density at radius 2 is 1.77 bits per heavy atom. The van der Waals surface area contributed by atoms with E-state index in [1.807, 2.05) is 0 Å². The van der Waals surface area contributed by atoms with Crippen LogP contribution < -0.4 is 10.2 Å². The predicted octanol–water partition coefficient (Wildman–Crippen LogP) is 3.90. The molecule has 0 unspecified atom stereocenters. The van der Waals surface area contributed by atoms with Gasteiger partial charge < -0.3 is 15.1 Å². The van der Waals surface area contributed by atoms with Gasteiger partial charge in [-0.05, 0) is 63.7 Å². The largest absolute Gasteiger partial charge is 0.371 e. The molecule has 4 nitrogen and oxygen atoms in total. The lowest BCUT2D eigenvalue weighted by Gasteiger charge is -2.33. The highest BCUT2D eigenvalue weighted by molar-refractivity contribution is 6.00. The monoisotopic (exact) mass is 401 g/mol. The first-order valence-corrected chi connectivity index (χ1v) is 9.54. The molecule has 0 spiro atoms. The van der Waals surface area contributed by atoms with Crippen LogP contribution in [0.5, 0.6) is 0 Å². The molecule has 1 amide bonds. The molecule has 1 aromatic carbocycles. The first-order chi connectivity index (χ1) is 11.7. The van der Waals surface area contributed by atoms with E-state index in [4.69, 9.17) is 0 Å². The van der Waals surface area contributed by atoms with Gasteiger partial charge in [0.15, 0.2) is 0 Å². The van der Waals surface area contributed by atoms with E-state index in [1.165, 1.54) is 18.4 Å². The van der Waals surface area contributed by atoms with Crippen LogP contribution in [0.2, 0.25) is 0 Å². The third-order valence-corrected chi connectivity index (χ3v) is 5.41. The van der Waals surface area contributed by atoms with Gasteiger partial charge in [0, 0.05) is 31.9 Å². The van der Waals surface area contributed by atoms with Crippen molar-refractivity contribution in [3.63, 3.8) is 0 Å². The minimum atomic E-state index is 0. The zero-order valence-corrected chi connectivity index (χ0v) is 17.6. The number of likely N-dealkylation sites (tertiary alicyclic amines) is 1. The molecule has 1 N–H and O–H groups in total. The number of anilines is 1. The molecule has 6 heteroatoms. The zero-order valence-electron chi connectivity index (χ0n) is 16.0. The average molecular weight is 402 g/mol. The Hall–Kier alpha value is -0.970. The van der Waals surface area contributed by atoms with E-state index in [1.54, 1.807) is 0 Å². The fourth-order valence-corrected chi connectivity index (χ4v) is 3.91. The molecule has 0 radical (unpaired) electrons. The number of rotatable bonds is 5. The van der Waals surface area contributed by atoms with E-state index in [0.29, 0.717) is 5.92 Å². The van der Waals surface area contributed by atoms with Gasteiger partial charge in [0.25, 0.3) is 5.91 Å². The third kappa shape index (κ3) is 5.51. The summed E-state index contributed by atoms with van der Waals surface area (Å²) in [5.41, 5.74) is 3.21. The summed E-state index contributed by atoms with van der Waals surface area (Å²) < 4.78 is 0. The molecular weight excluding hydrogens is 369 g/mol. The Balaban J connectivity index is 0.00000169. The minimum Gasteiger partial charge on any atom is -0.371 e. The summed E-state index contributed by atoms with van der Waals surface area (Å²) in [6.45, 7) is 10.3. The van der Waals surface area contributed by atoms with Crippen LogP contribution in [0.4, 0.5) is 5.69 Å². The molecule has 2 aliphatic rings. The lowest BCUT2D eigenvalue weighted by molar-refractivity contribution is 0.0691. The van der Waals surface area contributed by atoms with Crippen molar-refractivity contribution in [2.24, 2.45) is 5.92 Å². The summed E-state index contributed by atoms with van der Waals surface area (Å²) in [6, 6.07) is 6.36. The first-order valence-electron chi connectivity index (χ1n) is 9.54. The van der Waals surface area contributed by atoms with Gasteiger partial charge in [-0.25, -0.2) is 0 Å². The van der Waals surface area contributed by atoms with Crippen LogP contribution in [0.25, 0.3) is 0 Å². The molecule has 2 aliphatic heterocycles. The number of hydrogen-bond donors (Lipinski definition) is 1. The zero-order chi connectivity index (χ0) is 16.9. The Labute approximate surface area is 170 Å². The van der Waals surface area contributed by atoms with E-state index in [9.17, 15) is 4.79 Å². The Morgan fingerprint density at radius 3 is 2.38 bits per heavy atom. The number of piperidine rings is 1. The van der Waals surface area contributed by atoms with Crippen LogP contribution in [0.1, 0.15) is 48.5 Å². The van der Waals surface area contributed by atoms with Crippen molar-refractivity contribution in [1.82, 2.24) is 10.2 Å². The topological polar surface area (TPSA) is 35.6 Å². The SMILES string of the molecule is CCNCC1CCN(C(=O)c2cc(C)ccc2N2CCCC2)CC1.Cl.Cl. The molecule has 0 saturated carbocycles. The number of nitrogens with one attached hydrogen (secondary N) is 1. The number of halogens is 2. The summed E-state index contributed by atoms with van der Waals surface area (Å²) in [6.07, 6.45) is 4.70. The van der Waals surface area contributed by atoms with E-state index < -0.39 is 0 Å². The van der Waals surface area contributed by atoms with Crippen LogP contribution in [0, 0.1) is 12.8 Å². The molecular formula is C20H33Cl2N3O. The van der Waals surface area contributed by atoms with Crippen molar-refractivity contribution in [3.8, 4) is 0 Å². The summed E-state index contributed by atoms with van der Waals surface area (Å²) in [4.78, 5) is 17.6. The number of amides is 1. The van der Waals surface area contributed by atoms with Gasteiger partial charge in [-0.2, -0.15) is 0 Å². The predicted molar refractivity (Wildman–Crippen MR) is 114 cm³/mol.